The van der Waals surface area contributed by atoms with Crippen molar-refractivity contribution in [3.63, 3.8) is 0 Å². The molecule has 0 aliphatic carbocycles. The Hall–Kier alpha value is -3.93. The molecular formula is C22H16O6. The van der Waals surface area contributed by atoms with Crippen molar-refractivity contribution >= 4 is 18.2 Å². The first-order valence-electron chi connectivity index (χ1n) is 8.38. The van der Waals surface area contributed by atoms with E-state index in [9.17, 15) is 14.4 Å². The molecule has 0 bridgehead atoms. The quantitative estimate of drug-likeness (QED) is 0.360. The van der Waals surface area contributed by atoms with Crippen molar-refractivity contribution in [1.82, 2.24) is 0 Å². The summed E-state index contributed by atoms with van der Waals surface area (Å²) in [6.07, 6.45) is 0.568. The smallest absolute Gasteiger partial charge is 0.347 e. The van der Waals surface area contributed by atoms with Gasteiger partial charge in [0.1, 0.15) is 28.6 Å². The van der Waals surface area contributed by atoms with E-state index in [0.29, 0.717) is 17.8 Å². The molecule has 0 spiro atoms. The predicted octanol–water partition coefficient (Wildman–Crippen LogP) is 4.44. The highest BCUT2D eigenvalue weighted by atomic mass is 16.5. The number of ether oxygens (including phenoxy) is 3. The second-order valence-electron chi connectivity index (χ2n) is 5.71. The third-order valence-corrected chi connectivity index (χ3v) is 3.65. The molecule has 0 unspecified atom stereocenters. The van der Waals surface area contributed by atoms with E-state index in [1.54, 1.807) is 30.3 Å². The first-order valence-corrected chi connectivity index (χ1v) is 8.38. The minimum Gasteiger partial charge on any atom is -0.457 e. The van der Waals surface area contributed by atoms with Crippen LogP contribution in [0.2, 0.25) is 0 Å². The van der Waals surface area contributed by atoms with Gasteiger partial charge in [-0.2, -0.15) is 0 Å². The Balaban J connectivity index is 1.81. The lowest BCUT2D eigenvalue weighted by atomic mass is 10.2. The van der Waals surface area contributed by atoms with Crippen LogP contribution in [-0.2, 0) is 4.79 Å². The molecule has 140 valence electrons. The number of carbonyl (C=O) groups excluding carboxylic acids is 3. The Labute approximate surface area is 161 Å². The van der Waals surface area contributed by atoms with Crippen molar-refractivity contribution in [3.8, 4) is 23.0 Å². The second kappa shape index (κ2) is 8.64. The van der Waals surface area contributed by atoms with Crippen LogP contribution in [0.25, 0.3) is 0 Å². The fourth-order valence-electron chi connectivity index (χ4n) is 2.43. The maximum Gasteiger partial charge on any atom is 0.347 e. The summed E-state index contributed by atoms with van der Waals surface area (Å²) in [6, 6.07) is 19.8. The fourth-order valence-corrected chi connectivity index (χ4v) is 2.43. The summed E-state index contributed by atoms with van der Waals surface area (Å²) < 4.78 is 16.0. The molecule has 6 nitrogen and oxygen atoms in total. The molecule has 28 heavy (non-hydrogen) atoms. The van der Waals surface area contributed by atoms with Crippen molar-refractivity contribution in [3.05, 3.63) is 83.9 Å². The molecule has 0 heterocycles. The third kappa shape index (κ3) is 4.62. The van der Waals surface area contributed by atoms with Crippen LogP contribution in [0.1, 0.15) is 27.6 Å². The molecular weight excluding hydrogens is 360 g/mol. The Morgan fingerprint density at radius 2 is 1.50 bits per heavy atom. The number of para-hydroxylation sites is 2. The summed E-state index contributed by atoms with van der Waals surface area (Å²) in [5.41, 5.74) is 0.214. The summed E-state index contributed by atoms with van der Waals surface area (Å²) in [5.74, 6) is -0.129. The van der Waals surface area contributed by atoms with Gasteiger partial charge in [0, 0.05) is 6.92 Å². The molecule has 0 aliphatic heterocycles. The van der Waals surface area contributed by atoms with Gasteiger partial charge in [-0.3, -0.25) is 9.59 Å². The van der Waals surface area contributed by atoms with E-state index in [1.165, 1.54) is 31.2 Å². The summed E-state index contributed by atoms with van der Waals surface area (Å²) in [4.78, 5) is 35.1. The van der Waals surface area contributed by atoms with Crippen LogP contribution in [-0.4, -0.2) is 18.2 Å². The van der Waals surface area contributed by atoms with E-state index in [1.807, 2.05) is 18.2 Å². The first-order chi connectivity index (χ1) is 13.6. The molecule has 0 aromatic heterocycles. The highest BCUT2D eigenvalue weighted by Gasteiger charge is 2.18. The Kier molecular flexibility index (Phi) is 5.81. The van der Waals surface area contributed by atoms with Crippen LogP contribution < -0.4 is 14.2 Å². The number of hydrogen-bond donors (Lipinski definition) is 0. The summed E-state index contributed by atoms with van der Waals surface area (Å²) >= 11 is 0. The second-order valence-corrected chi connectivity index (χ2v) is 5.71. The van der Waals surface area contributed by atoms with Crippen molar-refractivity contribution in [2.24, 2.45) is 0 Å². The maximum atomic E-state index is 12.5. The summed E-state index contributed by atoms with van der Waals surface area (Å²) in [5, 5.41) is 0. The van der Waals surface area contributed by atoms with Crippen molar-refractivity contribution in [1.29, 1.82) is 0 Å². The van der Waals surface area contributed by atoms with Gasteiger partial charge in [-0.15, -0.1) is 0 Å². The number of carbonyl (C=O) groups is 3. The minimum absolute atomic E-state index is 0.0676. The largest absolute Gasteiger partial charge is 0.457 e. The number of rotatable bonds is 6. The van der Waals surface area contributed by atoms with Gasteiger partial charge in [-0.05, 0) is 42.5 Å². The SMILES string of the molecule is CC(=O)Oc1ccccc1C(=O)Oc1ccc(Oc2ccccc2)cc1C=O. The number of aldehydes is 1. The molecule has 0 radical (unpaired) electrons. The van der Waals surface area contributed by atoms with Crippen LogP contribution in [0.15, 0.2) is 72.8 Å². The lowest BCUT2D eigenvalue weighted by Crippen LogP contribution is -2.13. The molecule has 0 amide bonds. The Morgan fingerprint density at radius 1 is 0.786 bits per heavy atom. The van der Waals surface area contributed by atoms with Gasteiger partial charge in [0.25, 0.3) is 0 Å². The highest BCUT2D eigenvalue weighted by Crippen LogP contribution is 2.28. The standard InChI is InChI=1S/C22H16O6/c1-15(24)26-21-10-6-5-9-19(21)22(25)28-20-12-11-18(13-16(20)14-23)27-17-7-3-2-4-8-17/h2-14H,1H3. The van der Waals surface area contributed by atoms with Crippen LogP contribution in [0.3, 0.4) is 0 Å². The van der Waals surface area contributed by atoms with Gasteiger partial charge in [0.2, 0.25) is 0 Å². The molecule has 0 saturated carbocycles. The zero-order valence-electron chi connectivity index (χ0n) is 15.0. The molecule has 6 heteroatoms. The topological polar surface area (TPSA) is 78.9 Å². The third-order valence-electron chi connectivity index (χ3n) is 3.65. The molecule has 0 N–H and O–H groups in total. The van der Waals surface area contributed by atoms with Crippen molar-refractivity contribution < 1.29 is 28.6 Å². The van der Waals surface area contributed by atoms with E-state index >= 15 is 0 Å². The van der Waals surface area contributed by atoms with Gasteiger partial charge in [-0.25, -0.2) is 4.79 Å². The van der Waals surface area contributed by atoms with E-state index < -0.39 is 11.9 Å². The van der Waals surface area contributed by atoms with Crippen molar-refractivity contribution in [2.75, 3.05) is 0 Å². The summed E-state index contributed by atoms with van der Waals surface area (Å²) in [7, 11) is 0. The van der Waals surface area contributed by atoms with Gasteiger partial charge in [0.15, 0.2) is 6.29 Å². The van der Waals surface area contributed by atoms with Gasteiger partial charge in [-0.1, -0.05) is 30.3 Å². The van der Waals surface area contributed by atoms with Gasteiger partial charge < -0.3 is 14.2 Å². The van der Waals surface area contributed by atoms with E-state index in [-0.39, 0.29) is 22.6 Å². The van der Waals surface area contributed by atoms with Gasteiger partial charge in [0.05, 0.1) is 5.56 Å². The van der Waals surface area contributed by atoms with Gasteiger partial charge >= 0.3 is 11.9 Å². The molecule has 3 aromatic carbocycles. The van der Waals surface area contributed by atoms with E-state index in [4.69, 9.17) is 14.2 Å². The molecule has 0 saturated heterocycles. The zero-order valence-corrected chi connectivity index (χ0v) is 15.0. The highest BCUT2D eigenvalue weighted by molar-refractivity contribution is 5.96. The number of benzene rings is 3. The van der Waals surface area contributed by atoms with E-state index in [2.05, 4.69) is 0 Å². The molecule has 3 aromatic rings. The molecule has 3 rings (SSSR count). The average Bonchev–Trinajstić information content (AvgIpc) is 2.69. The number of hydrogen-bond acceptors (Lipinski definition) is 6. The lowest BCUT2D eigenvalue weighted by molar-refractivity contribution is -0.131. The Morgan fingerprint density at radius 3 is 2.21 bits per heavy atom. The Bertz CT molecular complexity index is 1010. The number of esters is 2. The van der Waals surface area contributed by atoms with Crippen LogP contribution in [0, 0.1) is 0 Å². The maximum absolute atomic E-state index is 12.5. The molecule has 0 fully saturated rings. The normalized spacial score (nSPS) is 10.0. The van der Waals surface area contributed by atoms with E-state index in [0.717, 1.165) is 0 Å². The summed E-state index contributed by atoms with van der Waals surface area (Å²) in [6.45, 7) is 1.23. The van der Waals surface area contributed by atoms with Crippen LogP contribution in [0.5, 0.6) is 23.0 Å². The zero-order chi connectivity index (χ0) is 19.9. The first kappa shape index (κ1) is 18.8. The average molecular weight is 376 g/mol. The molecule has 0 aliphatic rings. The van der Waals surface area contributed by atoms with Crippen molar-refractivity contribution in [2.45, 2.75) is 6.92 Å². The predicted molar refractivity (Wildman–Crippen MR) is 101 cm³/mol. The molecule has 0 atom stereocenters. The van der Waals surface area contributed by atoms with Crippen LogP contribution >= 0.6 is 0 Å². The lowest BCUT2D eigenvalue weighted by Gasteiger charge is -2.11. The fraction of sp³-hybridized carbons (Fsp3) is 0.0455. The monoisotopic (exact) mass is 376 g/mol. The van der Waals surface area contributed by atoms with Crippen LogP contribution in [0.4, 0.5) is 0 Å². The minimum atomic E-state index is -0.753.